The van der Waals surface area contributed by atoms with Gasteiger partial charge in [0.25, 0.3) is 0 Å². The Balaban J connectivity index is 2.34. The molecule has 0 saturated carbocycles. The fraction of sp³-hybridized carbons (Fsp3) is 0.364. The lowest BCUT2D eigenvalue weighted by atomic mass is 10.1. The molecule has 0 bridgehead atoms. The number of nitriles is 1. The molecule has 1 aromatic heterocycles. The van der Waals surface area contributed by atoms with Gasteiger partial charge in [0.2, 0.25) is 6.19 Å². The maximum absolute atomic E-state index is 12.4. The van der Waals surface area contributed by atoms with Crippen molar-refractivity contribution in [3.63, 3.8) is 0 Å². The van der Waals surface area contributed by atoms with Crippen molar-refractivity contribution in [1.82, 2.24) is 4.98 Å². The second-order valence-corrected chi connectivity index (χ2v) is 5.53. The van der Waals surface area contributed by atoms with Crippen LogP contribution in [0, 0.1) is 11.5 Å². The number of aromatic nitrogens is 1. The van der Waals surface area contributed by atoms with Gasteiger partial charge in [-0.05, 0) is 18.1 Å². The molecule has 8 heteroatoms. The van der Waals surface area contributed by atoms with Crippen LogP contribution in [-0.4, -0.2) is 20.7 Å². The Morgan fingerprint density at radius 1 is 1.47 bits per heavy atom. The third kappa shape index (κ3) is 2.81. The molecule has 0 amide bonds. The second kappa shape index (κ2) is 5.09. The number of hydrogen-bond acceptors (Lipinski definition) is 4. The smallest absolute Gasteiger partial charge is 0.259 e. The van der Waals surface area contributed by atoms with E-state index in [1.165, 1.54) is 6.07 Å². The molecule has 0 aliphatic carbocycles. The predicted molar refractivity (Wildman–Crippen MR) is 62.7 cm³/mol. The molecule has 2 atom stereocenters. The Bertz CT molecular complexity index is 574. The van der Waals surface area contributed by atoms with Gasteiger partial charge in [-0.3, -0.25) is 9.19 Å². The summed E-state index contributed by atoms with van der Waals surface area (Å²) in [6.07, 6.45) is -1.43. The minimum atomic E-state index is -4.50. The largest absolute Gasteiger partial charge is 0.433 e. The molecule has 1 saturated heterocycles. The van der Waals surface area contributed by atoms with Crippen LogP contribution in [0.15, 0.2) is 23.3 Å². The first-order valence-electron chi connectivity index (χ1n) is 5.29. The first-order valence-corrected chi connectivity index (χ1v) is 6.67. The van der Waals surface area contributed by atoms with Gasteiger partial charge in [0.05, 0.1) is 5.71 Å². The molecule has 4 nitrogen and oxygen atoms in total. The number of pyridine rings is 1. The molecular formula is C11H8F3N3OS. The van der Waals surface area contributed by atoms with E-state index in [9.17, 15) is 17.4 Å². The van der Waals surface area contributed by atoms with Crippen LogP contribution in [0.4, 0.5) is 13.2 Å². The third-order valence-electron chi connectivity index (χ3n) is 2.70. The Kier molecular flexibility index (Phi) is 3.66. The van der Waals surface area contributed by atoms with Crippen molar-refractivity contribution in [2.75, 3.05) is 5.75 Å². The van der Waals surface area contributed by atoms with Crippen molar-refractivity contribution < 1.29 is 17.4 Å². The van der Waals surface area contributed by atoms with Gasteiger partial charge in [0, 0.05) is 22.7 Å². The van der Waals surface area contributed by atoms with E-state index in [-0.39, 0.29) is 0 Å². The van der Waals surface area contributed by atoms with Crippen LogP contribution in [0.2, 0.25) is 0 Å². The summed E-state index contributed by atoms with van der Waals surface area (Å²) in [6.45, 7) is 0. The molecule has 1 fully saturated rings. The van der Waals surface area contributed by atoms with Gasteiger partial charge in [0.15, 0.2) is 0 Å². The van der Waals surface area contributed by atoms with Crippen LogP contribution in [0.3, 0.4) is 0 Å². The lowest BCUT2D eigenvalue weighted by Crippen LogP contribution is -2.12. The highest BCUT2D eigenvalue weighted by molar-refractivity contribution is 7.86. The lowest BCUT2D eigenvalue weighted by molar-refractivity contribution is -0.141. The summed E-state index contributed by atoms with van der Waals surface area (Å²) >= 11 is 0. The van der Waals surface area contributed by atoms with E-state index in [2.05, 4.69) is 9.98 Å². The van der Waals surface area contributed by atoms with Crippen molar-refractivity contribution in [1.29, 1.82) is 5.26 Å². The quantitative estimate of drug-likeness (QED) is 0.744. The zero-order valence-corrected chi connectivity index (χ0v) is 10.3. The molecule has 1 aromatic rings. The average Bonchev–Trinajstić information content (AvgIpc) is 2.70. The molecule has 2 heterocycles. The molecule has 0 aromatic carbocycles. The minimum absolute atomic E-state index is 0.353. The fourth-order valence-electron chi connectivity index (χ4n) is 1.86. The molecule has 0 radical (unpaired) electrons. The Morgan fingerprint density at radius 2 is 2.21 bits per heavy atom. The topological polar surface area (TPSA) is 66.1 Å². The van der Waals surface area contributed by atoms with Crippen LogP contribution in [0.25, 0.3) is 0 Å². The molecule has 0 N–H and O–H groups in total. The highest BCUT2D eigenvalue weighted by Crippen LogP contribution is 2.32. The predicted octanol–water partition coefficient (Wildman–Crippen LogP) is 2.22. The van der Waals surface area contributed by atoms with Gasteiger partial charge in [0.1, 0.15) is 10.9 Å². The van der Waals surface area contributed by atoms with Crippen molar-refractivity contribution in [3.05, 3.63) is 29.6 Å². The number of alkyl halides is 3. The van der Waals surface area contributed by atoms with E-state index >= 15 is 0 Å². The summed E-state index contributed by atoms with van der Waals surface area (Å²) in [5.41, 5.74) is -0.181. The monoisotopic (exact) mass is 287 g/mol. The first kappa shape index (κ1) is 13.7. The number of hydrogen-bond donors (Lipinski definition) is 0. The summed E-state index contributed by atoms with van der Waals surface area (Å²) in [4.78, 5) is 6.91. The van der Waals surface area contributed by atoms with Gasteiger partial charge < -0.3 is 0 Å². The Hall–Kier alpha value is -1.75. The van der Waals surface area contributed by atoms with Gasteiger partial charge in [-0.25, -0.2) is 0 Å². The minimum Gasteiger partial charge on any atom is -0.259 e. The van der Waals surface area contributed by atoms with E-state index < -0.39 is 27.9 Å². The first-order chi connectivity index (χ1) is 8.93. The molecule has 19 heavy (non-hydrogen) atoms. The van der Waals surface area contributed by atoms with Crippen LogP contribution >= 0.6 is 0 Å². The number of rotatable bonds is 1. The normalized spacial score (nSPS) is 25.5. The third-order valence-corrected chi connectivity index (χ3v) is 4.37. The summed E-state index contributed by atoms with van der Waals surface area (Å²) in [7, 11) is -1.27. The van der Waals surface area contributed by atoms with Crippen molar-refractivity contribution in [3.8, 4) is 6.19 Å². The van der Waals surface area contributed by atoms with Crippen molar-refractivity contribution in [2.45, 2.75) is 17.8 Å². The van der Waals surface area contributed by atoms with E-state index in [1.54, 1.807) is 6.19 Å². The fourth-order valence-corrected chi connectivity index (χ4v) is 3.42. The molecular weight excluding hydrogens is 279 g/mol. The summed E-state index contributed by atoms with van der Waals surface area (Å²) in [6, 6.07) is 2.07. The van der Waals surface area contributed by atoms with Crippen LogP contribution in [-0.2, 0) is 17.0 Å². The maximum atomic E-state index is 12.4. The number of nitrogens with zero attached hydrogens (tertiary/aromatic N) is 3. The second-order valence-electron chi connectivity index (χ2n) is 3.89. The Morgan fingerprint density at radius 3 is 2.74 bits per heavy atom. The summed E-state index contributed by atoms with van der Waals surface area (Å²) < 4.78 is 49.0. The van der Waals surface area contributed by atoms with Crippen LogP contribution in [0.1, 0.15) is 22.9 Å². The average molecular weight is 287 g/mol. The maximum Gasteiger partial charge on any atom is 0.433 e. The Labute approximate surface area is 109 Å². The van der Waals surface area contributed by atoms with Crippen molar-refractivity contribution in [2.24, 2.45) is 4.99 Å². The van der Waals surface area contributed by atoms with Crippen LogP contribution < -0.4 is 0 Å². The number of halogens is 3. The van der Waals surface area contributed by atoms with Gasteiger partial charge >= 0.3 is 6.18 Å². The van der Waals surface area contributed by atoms with E-state index in [4.69, 9.17) is 5.26 Å². The van der Waals surface area contributed by atoms with Gasteiger partial charge in [-0.15, -0.1) is 0 Å². The van der Waals surface area contributed by atoms with Gasteiger partial charge in [-0.1, -0.05) is 6.07 Å². The SMILES string of the molecule is N#CN=C1CCS(=O)C1c1ccc(C(F)(F)F)nc1. The van der Waals surface area contributed by atoms with E-state index in [0.717, 1.165) is 12.3 Å². The zero-order valence-electron chi connectivity index (χ0n) is 9.52. The molecule has 0 spiro atoms. The summed E-state index contributed by atoms with van der Waals surface area (Å²) in [5, 5.41) is 7.90. The highest BCUT2D eigenvalue weighted by Gasteiger charge is 2.35. The lowest BCUT2D eigenvalue weighted by Gasteiger charge is -2.11. The molecule has 100 valence electrons. The molecule has 2 rings (SSSR count). The van der Waals surface area contributed by atoms with Crippen LogP contribution in [0.5, 0.6) is 0 Å². The number of aliphatic imine (C=N–C) groups is 1. The highest BCUT2D eigenvalue weighted by atomic mass is 32.2. The standard InChI is InChI=1S/C11H8F3N3OS/c12-11(13,14)9-2-1-7(5-16-9)10-8(17-6-15)3-4-19(10)18/h1-2,5,10H,3-4H2. The van der Waals surface area contributed by atoms with E-state index in [1.807, 2.05) is 0 Å². The van der Waals surface area contributed by atoms with Gasteiger partial charge in [-0.2, -0.15) is 23.4 Å². The molecule has 1 aliphatic heterocycles. The van der Waals surface area contributed by atoms with E-state index in [0.29, 0.717) is 23.4 Å². The molecule has 1 aliphatic rings. The summed E-state index contributed by atoms with van der Waals surface area (Å²) in [5.74, 6) is 0.353. The zero-order chi connectivity index (χ0) is 14.0. The van der Waals surface area contributed by atoms with Crippen molar-refractivity contribution >= 4 is 16.5 Å². The molecule has 2 unspecified atom stereocenters.